The van der Waals surface area contributed by atoms with Gasteiger partial charge in [-0.15, -0.1) is 21.5 Å². The molecule has 5 rings (SSSR count). The summed E-state index contributed by atoms with van der Waals surface area (Å²) in [4.78, 5) is 19.4. The van der Waals surface area contributed by atoms with Crippen LogP contribution in [0.3, 0.4) is 0 Å². The molecule has 4 heterocycles. The molecule has 1 aliphatic heterocycles. The first kappa shape index (κ1) is 18.0. The molecule has 146 valence electrons. The van der Waals surface area contributed by atoms with Crippen molar-refractivity contribution in [3.63, 3.8) is 0 Å². The lowest BCUT2D eigenvalue weighted by atomic mass is 9.95. The Balaban J connectivity index is 1.21. The van der Waals surface area contributed by atoms with E-state index in [0.717, 1.165) is 53.7 Å². The van der Waals surface area contributed by atoms with E-state index in [0.29, 0.717) is 12.3 Å². The fourth-order valence-corrected chi connectivity index (χ4v) is 4.72. The Morgan fingerprint density at radius 1 is 1.03 bits per heavy atom. The quantitative estimate of drug-likeness (QED) is 0.520. The molecule has 0 spiro atoms. The number of rotatable bonds is 4. The smallest absolute Gasteiger partial charge is 0.228 e. The van der Waals surface area contributed by atoms with Crippen molar-refractivity contribution in [2.45, 2.75) is 25.2 Å². The Kier molecular flexibility index (Phi) is 4.81. The van der Waals surface area contributed by atoms with Gasteiger partial charge in [-0.25, -0.2) is 4.98 Å². The van der Waals surface area contributed by atoms with Crippen LogP contribution in [0.1, 0.15) is 30.3 Å². The molecule has 1 saturated heterocycles. The number of piperidine rings is 1. The van der Waals surface area contributed by atoms with Crippen molar-refractivity contribution < 1.29 is 4.79 Å². The van der Waals surface area contributed by atoms with E-state index in [9.17, 15) is 4.79 Å². The van der Waals surface area contributed by atoms with E-state index in [4.69, 9.17) is 0 Å². The van der Waals surface area contributed by atoms with Gasteiger partial charge in [0.25, 0.3) is 0 Å². The maximum Gasteiger partial charge on any atom is 0.228 e. The van der Waals surface area contributed by atoms with Crippen LogP contribution in [0.25, 0.3) is 16.2 Å². The minimum Gasteiger partial charge on any atom is -0.342 e. The van der Waals surface area contributed by atoms with Crippen molar-refractivity contribution in [1.29, 1.82) is 0 Å². The fourth-order valence-electron chi connectivity index (χ4n) is 3.89. The summed E-state index contributed by atoms with van der Waals surface area (Å²) in [6.07, 6.45) is 4.19. The van der Waals surface area contributed by atoms with E-state index < -0.39 is 0 Å². The summed E-state index contributed by atoms with van der Waals surface area (Å²) in [6, 6.07) is 16.0. The lowest BCUT2D eigenvalue weighted by Crippen LogP contribution is -2.39. The Morgan fingerprint density at radius 3 is 2.66 bits per heavy atom. The number of amides is 1. The summed E-state index contributed by atoms with van der Waals surface area (Å²) in [5, 5.41) is 11.6. The number of hydrogen-bond donors (Lipinski definition) is 0. The summed E-state index contributed by atoms with van der Waals surface area (Å²) in [5.74, 6) is 1.49. The van der Waals surface area contributed by atoms with Gasteiger partial charge in [-0.2, -0.15) is 0 Å². The van der Waals surface area contributed by atoms with Crippen molar-refractivity contribution in [3.8, 4) is 10.6 Å². The standard InChI is InChI=1S/C22H21N5OS/c28-20(14-18-15-29-22(23-18)17-6-2-1-3-7-17)26-12-9-16(10-13-26)21-25-24-19-8-4-5-11-27(19)21/h1-8,11,15-16H,9-10,12-14H2. The largest absolute Gasteiger partial charge is 0.342 e. The molecule has 1 aromatic carbocycles. The van der Waals surface area contributed by atoms with Crippen LogP contribution in [0.4, 0.5) is 0 Å². The number of aromatic nitrogens is 4. The van der Waals surface area contributed by atoms with Crippen molar-refractivity contribution >= 4 is 22.9 Å². The van der Waals surface area contributed by atoms with Gasteiger partial charge in [0.1, 0.15) is 10.8 Å². The molecule has 1 aliphatic rings. The Bertz CT molecular complexity index is 1130. The summed E-state index contributed by atoms with van der Waals surface area (Å²) in [6.45, 7) is 1.50. The first-order chi connectivity index (χ1) is 14.3. The third-order valence-corrected chi connectivity index (χ3v) is 6.40. The number of carbonyl (C=O) groups is 1. The molecule has 0 aliphatic carbocycles. The Hall–Kier alpha value is -3.06. The van der Waals surface area contributed by atoms with Gasteiger partial charge in [0, 0.05) is 36.1 Å². The van der Waals surface area contributed by atoms with Gasteiger partial charge in [0.15, 0.2) is 5.65 Å². The van der Waals surface area contributed by atoms with Gasteiger partial charge in [0.2, 0.25) is 5.91 Å². The normalized spacial score (nSPS) is 15.1. The molecule has 0 atom stereocenters. The van der Waals surface area contributed by atoms with Crippen LogP contribution < -0.4 is 0 Å². The zero-order valence-electron chi connectivity index (χ0n) is 15.9. The number of fused-ring (bicyclic) bond motifs is 1. The fraction of sp³-hybridized carbons (Fsp3) is 0.273. The molecule has 6 nitrogen and oxygen atoms in total. The van der Waals surface area contributed by atoms with Gasteiger partial charge < -0.3 is 4.90 Å². The molecule has 7 heteroatoms. The molecule has 1 amide bonds. The van der Waals surface area contributed by atoms with Crippen molar-refractivity contribution in [1.82, 2.24) is 24.5 Å². The van der Waals surface area contributed by atoms with Crippen LogP contribution in [0.15, 0.2) is 60.1 Å². The number of likely N-dealkylation sites (tertiary alicyclic amines) is 1. The van der Waals surface area contributed by atoms with Crippen molar-refractivity contribution in [3.05, 3.63) is 71.6 Å². The predicted molar refractivity (Wildman–Crippen MR) is 113 cm³/mol. The van der Waals surface area contributed by atoms with Crippen LogP contribution >= 0.6 is 11.3 Å². The highest BCUT2D eigenvalue weighted by atomic mass is 32.1. The van der Waals surface area contributed by atoms with Gasteiger partial charge in [0.05, 0.1) is 12.1 Å². The number of nitrogens with zero attached hydrogens (tertiary/aromatic N) is 5. The van der Waals surface area contributed by atoms with Gasteiger partial charge in [-0.05, 0) is 25.0 Å². The van der Waals surface area contributed by atoms with Crippen LogP contribution in [-0.4, -0.2) is 43.5 Å². The minimum atomic E-state index is 0.152. The molecular formula is C22H21N5OS. The molecule has 0 unspecified atom stereocenters. The SMILES string of the molecule is O=C(Cc1csc(-c2ccccc2)n1)N1CCC(c2nnc3ccccn23)CC1. The molecule has 29 heavy (non-hydrogen) atoms. The second-order valence-electron chi connectivity index (χ2n) is 7.33. The van der Waals surface area contributed by atoms with Gasteiger partial charge in [-0.3, -0.25) is 9.20 Å². The molecule has 0 N–H and O–H groups in total. The van der Waals surface area contributed by atoms with E-state index >= 15 is 0 Å². The zero-order valence-corrected chi connectivity index (χ0v) is 16.8. The average Bonchev–Trinajstić information content (AvgIpc) is 3.42. The summed E-state index contributed by atoms with van der Waals surface area (Å²) < 4.78 is 2.06. The summed E-state index contributed by atoms with van der Waals surface area (Å²) in [5.41, 5.74) is 2.82. The van der Waals surface area contributed by atoms with E-state index in [-0.39, 0.29) is 5.91 Å². The average molecular weight is 404 g/mol. The molecule has 1 fully saturated rings. The monoisotopic (exact) mass is 403 g/mol. The third kappa shape index (κ3) is 3.65. The lowest BCUT2D eigenvalue weighted by Gasteiger charge is -2.31. The predicted octanol–water partition coefficient (Wildman–Crippen LogP) is 3.80. The van der Waals surface area contributed by atoms with Crippen LogP contribution in [0, 0.1) is 0 Å². The second kappa shape index (κ2) is 7.75. The maximum absolute atomic E-state index is 12.8. The number of pyridine rings is 1. The summed E-state index contributed by atoms with van der Waals surface area (Å²) in [7, 11) is 0. The first-order valence-electron chi connectivity index (χ1n) is 9.85. The van der Waals surface area contributed by atoms with E-state index in [1.165, 1.54) is 0 Å². The highest BCUT2D eigenvalue weighted by Gasteiger charge is 2.27. The van der Waals surface area contributed by atoms with E-state index in [1.54, 1.807) is 11.3 Å². The molecule has 3 aromatic heterocycles. The molecular weight excluding hydrogens is 382 g/mol. The summed E-state index contributed by atoms with van der Waals surface area (Å²) >= 11 is 1.59. The van der Waals surface area contributed by atoms with Crippen molar-refractivity contribution in [2.75, 3.05) is 13.1 Å². The second-order valence-corrected chi connectivity index (χ2v) is 8.19. The molecule has 0 radical (unpaired) electrons. The molecule has 0 saturated carbocycles. The number of benzene rings is 1. The van der Waals surface area contributed by atoms with Gasteiger partial charge in [-0.1, -0.05) is 36.4 Å². The third-order valence-electron chi connectivity index (χ3n) is 5.46. The molecule has 4 aromatic rings. The van der Waals surface area contributed by atoms with Crippen LogP contribution in [0.2, 0.25) is 0 Å². The molecule has 0 bridgehead atoms. The number of carbonyl (C=O) groups excluding carboxylic acids is 1. The lowest BCUT2D eigenvalue weighted by molar-refractivity contribution is -0.131. The zero-order chi connectivity index (χ0) is 19.6. The highest BCUT2D eigenvalue weighted by molar-refractivity contribution is 7.13. The topological polar surface area (TPSA) is 63.4 Å². The van der Waals surface area contributed by atoms with E-state index in [2.05, 4.69) is 19.6 Å². The van der Waals surface area contributed by atoms with Gasteiger partial charge >= 0.3 is 0 Å². The highest BCUT2D eigenvalue weighted by Crippen LogP contribution is 2.28. The first-order valence-corrected chi connectivity index (χ1v) is 10.7. The maximum atomic E-state index is 12.8. The number of thiazole rings is 1. The Labute approximate surface area is 172 Å². The number of hydrogen-bond acceptors (Lipinski definition) is 5. The van der Waals surface area contributed by atoms with Crippen molar-refractivity contribution in [2.24, 2.45) is 0 Å². The van der Waals surface area contributed by atoms with Crippen LogP contribution in [0.5, 0.6) is 0 Å². The van der Waals surface area contributed by atoms with E-state index in [1.807, 2.05) is 65.0 Å². The Morgan fingerprint density at radius 2 is 1.83 bits per heavy atom. The minimum absolute atomic E-state index is 0.152. The van der Waals surface area contributed by atoms with Crippen LogP contribution in [-0.2, 0) is 11.2 Å².